The zero-order valence-corrected chi connectivity index (χ0v) is 25.8. The molecule has 236 valence electrons. The van der Waals surface area contributed by atoms with E-state index in [0.29, 0.717) is 52.9 Å². The zero-order chi connectivity index (χ0) is 31.4. The fraction of sp³-hybridized carbons (Fsp3) is 0.270. The summed E-state index contributed by atoms with van der Waals surface area (Å²) in [5.41, 5.74) is 1.74. The normalized spacial score (nSPS) is 11.7. The van der Waals surface area contributed by atoms with Crippen LogP contribution in [0.15, 0.2) is 110 Å². The molecule has 0 aliphatic rings. The molecule has 46 heavy (non-hydrogen) atoms. The summed E-state index contributed by atoms with van der Waals surface area (Å²) in [5.74, 6) is 2.17. The molecule has 0 spiro atoms. The molecule has 3 aromatic carbocycles. The number of benzene rings is 3. The Hall–Kier alpha value is -4.83. The molecule has 0 saturated heterocycles. The van der Waals surface area contributed by atoms with Crippen LogP contribution in [0.5, 0.6) is 17.2 Å². The van der Waals surface area contributed by atoms with Gasteiger partial charge in [0.05, 0.1) is 33.0 Å². The van der Waals surface area contributed by atoms with E-state index < -0.39 is 5.60 Å². The molecule has 0 radical (unpaired) electrons. The Bertz CT molecular complexity index is 1760. The van der Waals surface area contributed by atoms with E-state index in [2.05, 4.69) is 15.0 Å². The summed E-state index contributed by atoms with van der Waals surface area (Å²) < 4.78 is 36.4. The highest BCUT2D eigenvalue weighted by molar-refractivity contribution is 5.85. The molecule has 0 atom stereocenters. The van der Waals surface area contributed by atoms with E-state index >= 15 is 0 Å². The predicted molar refractivity (Wildman–Crippen MR) is 178 cm³/mol. The SMILES string of the molecule is CC(COCCOc1cccc2cccnc12)(COCCOc1cccc2cccnc12)OCCOc1cccc2cccnc12. The molecular formula is C37H37N3O6. The minimum atomic E-state index is -0.734. The van der Waals surface area contributed by atoms with Gasteiger partial charge in [0.15, 0.2) is 0 Å². The monoisotopic (exact) mass is 619 g/mol. The molecular weight excluding hydrogens is 582 g/mol. The van der Waals surface area contributed by atoms with E-state index in [0.717, 1.165) is 50.0 Å². The number of ether oxygens (including phenoxy) is 6. The van der Waals surface area contributed by atoms with E-state index in [4.69, 9.17) is 28.4 Å². The Kier molecular flexibility index (Phi) is 10.5. The minimum absolute atomic E-state index is 0.300. The topological polar surface area (TPSA) is 94.1 Å². The minimum Gasteiger partial charge on any atom is -0.489 e. The Morgan fingerprint density at radius 3 is 1.24 bits per heavy atom. The van der Waals surface area contributed by atoms with Gasteiger partial charge in [-0.3, -0.25) is 15.0 Å². The van der Waals surface area contributed by atoms with Crippen LogP contribution < -0.4 is 14.2 Å². The summed E-state index contributed by atoms with van der Waals surface area (Å²) in [7, 11) is 0. The van der Waals surface area contributed by atoms with Crippen LogP contribution in [0, 0.1) is 0 Å². The highest BCUT2D eigenvalue weighted by Gasteiger charge is 2.26. The lowest BCUT2D eigenvalue weighted by atomic mass is 10.1. The highest BCUT2D eigenvalue weighted by atomic mass is 16.6. The molecule has 0 fully saturated rings. The standard InChI is InChI=1S/C37H37N3O6/c1-37(46-25-24-45-33-16-4-10-30-13-7-19-40-36(30)33,26-41-20-22-43-31-14-2-8-28-11-5-17-38-34(28)31)27-42-21-23-44-32-15-3-9-29-12-6-18-39-35(29)32/h2-19H,20-27H2,1H3. The Labute approximate surface area is 268 Å². The van der Waals surface area contributed by atoms with E-state index in [1.54, 1.807) is 18.6 Å². The summed E-state index contributed by atoms with van der Waals surface area (Å²) in [6.45, 7) is 4.74. The zero-order valence-electron chi connectivity index (χ0n) is 25.8. The molecule has 0 aliphatic carbocycles. The van der Waals surface area contributed by atoms with Crippen LogP contribution in [0.4, 0.5) is 0 Å². The van der Waals surface area contributed by atoms with Gasteiger partial charge in [-0.1, -0.05) is 54.6 Å². The first-order valence-corrected chi connectivity index (χ1v) is 15.4. The number of pyridine rings is 3. The number of nitrogens with zero attached hydrogens (tertiary/aromatic N) is 3. The Balaban J connectivity index is 1.00. The molecule has 0 amide bonds. The second kappa shape index (κ2) is 15.4. The summed E-state index contributed by atoms with van der Waals surface area (Å²) in [6, 6.07) is 29.4. The van der Waals surface area contributed by atoms with E-state index in [1.165, 1.54) is 0 Å². The fourth-order valence-corrected chi connectivity index (χ4v) is 5.14. The summed E-state index contributed by atoms with van der Waals surface area (Å²) >= 11 is 0. The number of hydrogen-bond acceptors (Lipinski definition) is 9. The van der Waals surface area contributed by atoms with Crippen LogP contribution in [0.1, 0.15) is 6.92 Å². The maximum atomic E-state index is 6.31. The molecule has 0 N–H and O–H groups in total. The van der Waals surface area contributed by atoms with Crippen LogP contribution in [-0.4, -0.2) is 73.4 Å². The molecule has 9 nitrogen and oxygen atoms in total. The Morgan fingerprint density at radius 2 is 0.826 bits per heavy atom. The second-order valence-corrected chi connectivity index (χ2v) is 10.9. The van der Waals surface area contributed by atoms with Crippen LogP contribution in [0.25, 0.3) is 32.7 Å². The number of hydrogen-bond donors (Lipinski definition) is 0. The van der Waals surface area contributed by atoms with E-state index in [1.807, 2.05) is 97.9 Å². The van der Waals surface area contributed by atoms with Gasteiger partial charge in [0, 0.05) is 34.7 Å². The first-order valence-electron chi connectivity index (χ1n) is 15.4. The van der Waals surface area contributed by atoms with Gasteiger partial charge in [0.1, 0.15) is 59.2 Å². The van der Waals surface area contributed by atoms with Gasteiger partial charge in [-0.05, 0) is 43.3 Å². The number of rotatable bonds is 17. The summed E-state index contributed by atoms with van der Waals surface area (Å²) in [4.78, 5) is 13.4. The maximum Gasteiger partial charge on any atom is 0.145 e. The van der Waals surface area contributed by atoms with Crippen LogP contribution in [0.2, 0.25) is 0 Å². The lowest BCUT2D eigenvalue weighted by Gasteiger charge is -2.29. The largest absolute Gasteiger partial charge is 0.489 e. The first-order chi connectivity index (χ1) is 22.7. The van der Waals surface area contributed by atoms with Crippen molar-refractivity contribution in [3.8, 4) is 17.2 Å². The van der Waals surface area contributed by atoms with Gasteiger partial charge >= 0.3 is 0 Å². The molecule has 9 heteroatoms. The van der Waals surface area contributed by atoms with Crippen molar-refractivity contribution in [2.24, 2.45) is 0 Å². The molecule has 6 rings (SSSR count). The number of aromatic nitrogens is 3. The average molecular weight is 620 g/mol. The number of fused-ring (bicyclic) bond motifs is 3. The van der Waals surface area contributed by atoms with Crippen molar-refractivity contribution >= 4 is 32.7 Å². The van der Waals surface area contributed by atoms with Crippen LogP contribution in [-0.2, 0) is 14.2 Å². The third kappa shape index (κ3) is 8.06. The smallest absolute Gasteiger partial charge is 0.145 e. The fourth-order valence-electron chi connectivity index (χ4n) is 5.14. The number of para-hydroxylation sites is 3. The third-order valence-corrected chi connectivity index (χ3v) is 7.36. The Morgan fingerprint density at radius 1 is 0.457 bits per heavy atom. The quantitative estimate of drug-likeness (QED) is 0.104. The highest BCUT2D eigenvalue weighted by Crippen LogP contribution is 2.25. The summed E-state index contributed by atoms with van der Waals surface area (Å²) in [5, 5.41) is 3.08. The van der Waals surface area contributed by atoms with Crippen molar-refractivity contribution in [1.29, 1.82) is 0 Å². The van der Waals surface area contributed by atoms with Gasteiger partial charge in [-0.2, -0.15) is 0 Å². The van der Waals surface area contributed by atoms with Gasteiger partial charge in [-0.25, -0.2) is 0 Å². The average Bonchev–Trinajstić information content (AvgIpc) is 3.10. The van der Waals surface area contributed by atoms with Crippen molar-refractivity contribution in [1.82, 2.24) is 15.0 Å². The van der Waals surface area contributed by atoms with E-state index in [-0.39, 0.29) is 0 Å². The summed E-state index contributed by atoms with van der Waals surface area (Å²) in [6.07, 6.45) is 5.29. The van der Waals surface area contributed by atoms with Crippen molar-refractivity contribution in [3.05, 3.63) is 110 Å². The van der Waals surface area contributed by atoms with Gasteiger partial charge in [-0.15, -0.1) is 0 Å². The molecule has 0 unspecified atom stereocenters. The second-order valence-electron chi connectivity index (χ2n) is 10.9. The van der Waals surface area contributed by atoms with Gasteiger partial charge in [0.2, 0.25) is 0 Å². The van der Waals surface area contributed by atoms with Crippen molar-refractivity contribution < 1.29 is 28.4 Å². The molecule has 0 aliphatic heterocycles. The van der Waals surface area contributed by atoms with Crippen molar-refractivity contribution in [2.45, 2.75) is 12.5 Å². The van der Waals surface area contributed by atoms with Crippen molar-refractivity contribution in [2.75, 3.05) is 52.9 Å². The third-order valence-electron chi connectivity index (χ3n) is 7.36. The van der Waals surface area contributed by atoms with Gasteiger partial charge < -0.3 is 28.4 Å². The van der Waals surface area contributed by atoms with Crippen LogP contribution >= 0.6 is 0 Å². The lowest BCUT2D eigenvalue weighted by Crippen LogP contribution is -2.41. The molecule has 0 bridgehead atoms. The first kappa shape index (κ1) is 31.2. The molecule has 0 saturated carbocycles. The van der Waals surface area contributed by atoms with E-state index in [9.17, 15) is 0 Å². The molecule has 3 heterocycles. The van der Waals surface area contributed by atoms with Gasteiger partial charge in [0.25, 0.3) is 0 Å². The van der Waals surface area contributed by atoms with Crippen LogP contribution in [0.3, 0.4) is 0 Å². The predicted octanol–water partition coefficient (Wildman–Crippen LogP) is 6.68. The maximum absolute atomic E-state index is 6.31. The lowest BCUT2D eigenvalue weighted by molar-refractivity contribution is -0.132. The van der Waals surface area contributed by atoms with Crippen molar-refractivity contribution in [3.63, 3.8) is 0 Å². The molecule has 6 aromatic rings. The molecule has 3 aromatic heterocycles.